The van der Waals surface area contributed by atoms with Gasteiger partial charge in [0, 0.05) is 24.7 Å². The third-order valence-electron chi connectivity index (χ3n) is 4.70. The van der Waals surface area contributed by atoms with Crippen molar-refractivity contribution >= 4 is 25.8 Å². The minimum absolute atomic E-state index is 0.0659. The smallest absolute Gasteiger partial charge is 0.251 e. The molecule has 0 aromatic heterocycles. The Kier molecular flexibility index (Phi) is 4.91. The van der Waals surface area contributed by atoms with Crippen LogP contribution in [0.4, 0.5) is 0 Å². The molecule has 0 saturated carbocycles. The van der Waals surface area contributed by atoms with Gasteiger partial charge in [-0.3, -0.25) is 4.79 Å². The van der Waals surface area contributed by atoms with Gasteiger partial charge in [-0.25, -0.2) is 16.8 Å². The molecule has 2 aliphatic heterocycles. The number of benzene rings is 1. The van der Waals surface area contributed by atoms with E-state index in [0.717, 1.165) is 12.8 Å². The summed E-state index contributed by atoms with van der Waals surface area (Å²) in [7, 11) is -6.70. The minimum Gasteiger partial charge on any atom is -0.348 e. The fourth-order valence-electron chi connectivity index (χ4n) is 3.26. The summed E-state index contributed by atoms with van der Waals surface area (Å²) in [6.45, 7) is 2.70. The topological polar surface area (TPSA) is 101 Å². The van der Waals surface area contributed by atoms with E-state index in [1.807, 2.05) is 0 Å². The van der Waals surface area contributed by atoms with E-state index >= 15 is 0 Å². The van der Waals surface area contributed by atoms with Crippen LogP contribution in [-0.4, -0.2) is 57.7 Å². The molecule has 0 aliphatic carbocycles. The van der Waals surface area contributed by atoms with Crippen molar-refractivity contribution in [1.82, 2.24) is 9.62 Å². The summed E-state index contributed by atoms with van der Waals surface area (Å²) in [5.74, 6) is -0.441. The molecule has 2 saturated heterocycles. The van der Waals surface area contributed by atoms with Gasteiger partial charge in [-0.05, 0) is 43.9 Å². The zero-order valence-electron chi connectivity index (χ0n) is 14.1. The average Bonchev–Trinajstić information content (AvgIpc) is 3.17. The minimum atomic E-state index is -3.61. The number of aryl methyl sites for hydroxylation is 1. The largest absolute Gasteiger partial charge is 0.348 e. The first-order valence-corrected chi connectivity index (χ1v) is 11.6. The molecule has 3 rings (SSSR count). The van der Waals surface area contributed by atoms with Crippen LogP contribution in [0.1, 0.15) is 35.2 Å². The van der Waals surface area contributed by atoms with Crippen LogP contribution in [0, 0.1) is 6.92 Å². The van der Waals surface area contributed by atoms with E-state index in [1.54, 1.807) is 19.1 Å². The predicted octanol–water partition coefficient (Wildman–Crippen LogP) is 0.696. The van der Waals surface area contributed by atoms with Crippen LogP contribution in [0.5, 0.6) is 0 Å². The van der Waals surface area contributed by atoms with E-state index in [4.69, 9.17) is 0 Å². The van der Waals surface area contributed by atoms with Gasteiger partial charge in [0.25, 0.3) is 5.91 Å². The van der Waals surface area contributed by atoms with Gasteiger partial charge < -0.3 is 5.32 Å². The molecule has 0 unspecified atom stereocenters. The standard InChI is InChI=1S/C16H22N2O5S2/c1-12-4-5-13(16(19)17-14-6-9-24(20,21)11-14)10-15(12)25(22,23)18-7-2-3-8-18/h4-5,10,14H,2-3,6-9,11H2,1H3,(H,17,19)/t14-/m1/s1. The van der Waals surface area contributed by atoms with Crippen LogP contribution in [0.25, 0.3) is 0 Å². The lowest BCUT2D eigenvalue weighted by atomic mass is 10.1. The zero-order valence-corrected chi connectivity index (χ0v) is 15.7. The maximum Gasteiger partial charge on any atom is 0.251 e. The molecule has 0 spiro atoms. The SMILES string of the molecule is Cc1ccc(C(=O)N[C@@H]2CCS(=O)(=O)C2)cc1S(=O)(=O)N1CCCC1. The molecule has 9 heteroatoms. The lowest BCUT2D eigenvalue weighted by Crippen LogP contribution is -2.36. The molecule has 2 heterocycles. The Morgan fingerprint density at radius 2 is 1.92 bits per heavy atom. The van der Waals surface area contributed by atoms with E-state index < -0.39 is 31.8 Å². The molecule has 0 radical (unpaired) electrons. The first-order valence-electron chi connectivity index (χ1n) is 8.31. The van der Waals surface area contributed by atoms with Crippen molar-refractivity contribution in [3.05, 3.63) is 29.3 Å². The van der Waals surface area contributed by atoms with Crippen molar-refractivity contribution in [2.24, 2.45) is 0 Å². The normalized spacial score (nSPS) is 23.6. The van der Waals surface area contributed by atoms with E-state index in [2.05, 4.69) is 5.32 Å². The molecular weight excluding hydrogens is 364 g/mol. The van der Waals surface area contributed by atoms with Gasteiger partial charge in [-0.2, -0.15) is 4.31 Å². The molecule has 25 heavy (non-hydrogen) atoms. The van der Waals surface area contributed by atoms with Crippen LogP contribution in [0.15, 0.2) is 23.1 Å². The predicted molar refractivity (Wildman–Crippen MR) is 93.7 cm³/mol. The van der Waals surface area contributed by atoms with Crippen LogP contribution >= 0.6 is 0 Å². The Hall–Kier alpha value is -1.45. The third-order valence-corrected chi connectivity index (χ3v) is 8.51. The molecule has 138 valence electrons. The van der Waals surface area contributed by atoms with Crippen molar-refractivity contribution in [1.29, 1.82) is 0 Å². The second kappa shape index (κ2) is 6.69. The van der Waals surface area contributed by atoms with Crippen LogP contribution in [0.3, 0.4) is 0 Å². The summed E-state index contributed by atoms with van der Waals surface area (Å²) in [6, 6.07) is 4.15. The molecular formula is C16H22N2O5S2. The first kappa shape index (κ1) is 18.3. The third kappa shape index (κ3) is 3.88. The van der Waals surface area contributed by atoms with E-state index in [1.165, 1.54) is 10.4 Å². The quantitative estimate of drug-likeness (QED) is 0.821. The Morgan fingerprint density at radius 1 is 1.24 bits per heavy atom. The van der Waals surface area contributed by atoms with Gasteiger partial charge in [0.2, 0.25) is 10.0 Å². The monoisotopic (exact) mass is 386 g/mol. The lowest BCUT2D eigenvalue weighted by Gasteiger charge is -2.18. The maximum atomic E-state index is 12.8. The average molecular weight is 386 g/mol. The van der Waals surface area contributed by atoms with Crippen molar-refractivity contribution in [3.63, 3.8) is 0 Å². The fourth-order valence-corrected chi connectivity index (χ4v) is 6.71. The van der Waals surface area contributed by atoms with Gasteiger partial charge in [0.05, 0.1) is 16.4 Å². The molecule has 2 aliphatic rings. The molecule has 1 N–H and O–H groups in total. The molecule has 1 aromatic carbocycles. The van der Waals surface area contributed by atoms with Gasteiger partial charge in [-0.15, -0.1) is 0 Å². The van der Waals surface area contributed by atoms with E-state index in [-0.39, 0.29) is 22.0 Å². The highest BCUT2D eigenvalue weighted by molar-refractivity contribution is 7.91. The van der Waals surface area contributed by atoms with Crippen LogP contribution in [-0.2, 0) is 19.9 Å². The number of amides is 1. The summed E-state index contributed by atoms with van der Waals surface area (Å²) in [5, 5.41) is 2.69. The number of sulfonamides is 1. The second-order valence-electron chi connectivity index (χ2n) is 6.66. The van der Waals surface area contributed by atoms with Gasteiger partial charge in [0.1, 0.15) is 0 Å². The van der Waals surface area contributed by atoms with Crippen molar-refractivity contribution in [2.45, 2.75) is 37.1 Å². The highest BCUT2D eigenvalue weighted by Gasteiger charge is 2.31. The number of nitrogens with one attached hydrogen (secondary N) is 1. The number of carbonyl (C=O) groups excluding carboxylic acids is 1. The highest BCUT2D eigenvalue weighted by atomic mass is 32.2. The summed E-state index contributed by atoms with van der Waals surface area (Å²) in [4.78, 5) is 12.5. The van der Waals surface area contributed by atoms with E-state index in [0.29, 0.717) is 25.1 Å². The molecule has 1 amide bonds. The number of hydrogen-bond acceptors (Lipinski definition) is 5. The Labute approximate surface area is 148 Å². The summed E-state index contributed by atoms with van der Waals surface area (Å²) >= 11 is 0. The molecule has 1 atom stereocenters. The molecule has 1 aromatic rings. The molecule has 0 bridgehead atoms. The van der Waals surface area contributed by atoms with Crippen molar-refractivity contribution in [2.75, 3.05) is 24.6 Å². The van der Waals surface area contributed by atoms with Gasteiger partial charge in [-0.1, -0.05) is 6.07 Å². The zero-order chi connectivity index (χ0) is 18.2. The molecule has 2 fully saturated rings. The summed E-state index contributed by atoms with van der Waals surface area (Å²) < 4.78 is 50.0. The highest BCUT2D eigenvalue weighted by Crippen LogP contribution is 2.25. The number of carbonyl (C=O) groups is 1. The number of hydrogen-bond donors (Lipinski definition) is 1. The Balaban J connectivity index is 1.83. The Bertz CT molecular complexity index is 887. The Morgan fingerprint density at radius 3 is 2.52 bits per heavy atom. The van der Waals surface area contributed by atoms with Crippen molar-refractivity contribution < 1.29 is 21.6 Å². The lowest BCUT2D eigenvalue weighted by molar-refractivity contribution is 0.0941. The van der Waals surface area contributed by atoms with Gasteiger partial charge in [0.15, 0.2) is 9.84 Å². The first-order chi connectivity index (χ1) is 11.7. The fraction of sp³-hybridized carbons (Fsp3) is 0.562. The van der Waals surface area contributed by atoms with Crippen molar-refractivity contribution in [3.8, 4) is 0 Å². The number of nitrogens with zero attached hydrogens (tertiary/aromatic N) is 1. The van der Waals surface area contributed by atoms with Crippen LogP contribution < -0.4 is 5.32 Å². The van der Waals surface area contributed by atoms with Gasteiger partial charge >= 0.3 is 0 Å². The van der Waals surface area contributed by atoms with Crippen LogP contribution in [0.2, 0.25) is 0 Å². The van der Waals surface area contributed by atoms with E-state index in [9.17, 15) is 21.6 Å². The summed E-state index contributed by atoms with van der Waals surface area (Å²) in [6.07, 6.45) is 2.07. The number of rotatable bonds is 4. The second-order valence-corrected chi connectivity index (χ2v) is 10.8. The number of sulfone groups is 1. The maximum absolute atomic E-state index is 12.8. The summed E-state index contributed by atoms with van der Waals surface area (Å²) in [5.41, 5.74) is 0.819. The molecule has 7 nitrogen and oxygen atoms in total.